The van der Waals surface area contributed by atoms with E-state index in [2.05, 4.69) is 19.2 Å². The average molecular weight is 227 g/mol. The molecule has 96 valence electrons. The molecule has 0 aromatic carbocycles. The van der Waals surface area contributed by atoms with Gasteiger partial charge in [0.05, 0.1) is 0 Å². The second kappa shape index (κ2) is 11.0. The van der Waals surface area contributed by atoms with Crippen LogP contribution in [0.3, 0.4) is 0 Å². The van der Waals surface area contributed by atoms with Gasteiger partial charge in [-0.25, -0.2) is 0 Å². The Kier molecular flexibility index (Phi) is 10.6. The lowest BCUT2D eigenvalue weighted by atomic mass is 10.1. The molecule has 1 N–H and O–H groups in total. The van der Waals surface area contributed by atoms with Gasteiger partial charge >= 0.3 is 0 Å². The smallest absolute Gasteiger partial charge is 0.217 e. The number of unbranched alkanes of at least 4 members (excludes halogenated alkanes) is 7. The molecule has 0 aromatic heterocycles. The van der Waals surface area contributed by atoms with E-state index in [1.165, 1.54) is 51.4 Å². The first-order valence-corrected chi connectivity index (χ1v) is 6.94. The van der Waals surface area contributed by atoms with E-state index in [9.17, 15) is 4.79 Å². The van der Waals surface area contributed by atoms with Crippen LogP contribution in [0.4, 0.5) is 0 Å². The molecule has 2 heteroatoms. The monoisotopic (exact) mass is 227 g/mol. The summed E-state index contributed by atoms with van der Waals surface area (Å²) < 4.78 is 0. The summed E-state index contributed by atoms with van der Waals surface area (Å²) in [5, 5.41) is 2.92. The third kappa shape index (κ3) is 11.5. The Bertz CT molecular complexity index is 168. The molecule has 0 aliphatic carbocycles. The maximum Gasteiger partial charge on any atom is 0.217 e. The highest BCUT2D eigenvalue weighted by atomic mass is 16.1. The normalized spacial score (nSPS) is 12.4. The van der Waals surface area contributed by atoms with Crippen LogP contribution in [0.5, 0.6) is 0 Å². The second-order valence-electron chi connectivity index (χ2n) is 4.87. The Balaban J connectivity index is 3.11. The Labute approximate surface area is 101 Å². The van der Waals surface area contributed by atoms with Crippen molar-refractivity contribution in [2.75, 3.05) is 0 Å². The lowest BCUT2D eigenvalue weighted by Crippen LogP contribution is -2.30. The number of hydrogen-bond donors (Lipinski definition) is 1. The summed E-state index contributed by atoms with van der Waals surface area (Å²) in [6.45, 7) is 5.93. The highest BCUT2D eigenvalue weighted by molar-refractivity contribution is 5.73. The predicted octanol–water partition coefficient (Wildman–Crippen LogP) is 4.04. The van der Waals surface area contributed by atoms with E-state index in [1.54, 1.807) is 6.92 Å². The molecular weight excluding hydrogens is 198 g/mol. The van der Waals surface area contributed by atoms with Crippen molar-refractivity contribution in [3.8, 4) is 0 Å². The first-order valence-electron chi connectivity index (χ1n) is 6.94. The molecule has 0 bridgehead atoms. The molecule has 0 saturated heterocycles. The highest BCUT2D eigenvalue weighted by Gasteiger charge is 2.02. The number of rotatable bonds is 10. The quantitative estimate of drug-likeness (QED) is 0.561. The molecule has 0 saturated carbocycles. The fourth-order valence-electron chi connectivity index (χ4n) is 2.00. The molecule has 0 rings (SSSR count). The fraction of sp³-hybridized carbons (Fsp3) is 0.929. The number of carbonyl (C=O) groups excluding carboxylic acids is 1. The minimum atomic E-state index is 0.0899. The molecule has 0 heterocycles. The molecule has 0 aliphatic heterocycles. The molecule has 1 amide bonds. The van der Waals surface area contributed by atoms with Crippen LogP contribution in [0.15, 0.2) is 0 Å². The van der Waals surface area contributed by atoms with Gasteiger partial charge < -0.3 is 5.32 Å². The molecule has 16 heavy (non-hydrogen) atoms. The third-order valence-corrected chi connectivity index (χ3v) is 2.94. The summed E-state index contributed by atoms with van der Waals surface area (Å²) in [5.74, 6) is 0.0899. The van der Waals surface area contributed by atoms with Crippen molar-refractivity contribution in [1.82, 2.24) is 5.32 Å². The molecule has 0 spiro atoms. The molecule has 1 unspecified atom stereocenters. The van der Waals surface area contributed by atoms with Crippen LogP contribution < -0.4 is 5.32 Å². The van der Waals surface area contributed by atoms with Crippen molar-refractivity contribution >= 4 is 5.91 Å². The molecule has 0 fully saturated rings. The van der Waals surface area contributed by atoms with E-state index in [1.807, 2.05) is 0 Å². The summed E-state index contributed by atoms with van der Waals surface area (Å²) in [5.41, 5.74) is 0. The third-order valence-electron chi connectivity index (χ3n) is 2.94. The van der Waals surface area contributed by atoms with Gasteiger partial charge in [0.15, 0.2) is 0 Å². The van der Waals surface area contributed by atoms with Crippen molar-refractivity contribution < 1.29 is 4.79 Å². The summed E-state index contributed by atoms with van der Waals surface area (Å²) in [4.78, 5) is 10.8. The topological polar surface area (TPSA) is 29.1 Å². The van der Waals surface area contributed by atoms with E-state index >= 15 is 0 Å². The highest BCUT2D eigenvalue weighted by Crippen LogP contribution is 2.10. The van der Waals surface area contributed by atoms with Crippen molar-refractivity contribution in [3.05, 3.63) is 0 Å². The van der Waals surface area contributed by atoms with Gasteiger partial charge in [0.1, 0.15) is 0 Å². The average Bonchev–Trinajstić information content (AvgIpc) is 2.21. The number of hydrogen-bond acceptors (Lipinski definition) is 1. The Hall–Kier alpha value is -0.530. The van der Waals surface area contributed by atoms with Gasteiger partial charge in [-0.05, 0) is 13.3 Å². The molecule has 0 aromatic rings. The lowest BCUT2D eigenvalue weighted by Gasteiger charge is -2.11. The lowest BCUT2D eigenvalue weighted by molar-refractivity contribution is -0.119. The first kappa shape index (κ1) is 15.5. The van der Waals surface area contributed by atoms with Crippen LogP contribution in [0.1, 0.15) is 78.6 Å². The van der Waals surface area contributed by atoms with Crippen LogP contribution in [0.25, 0.3) is 0 Å². The number of nitrogens with one attached hydrogen (secondary N) is 1. The van der Waals surface area contributed by atoms with E-state index in [0.717, 1.165) is 6.42 Å². The van der Waals surface area contributed by atoms with Gasteiger partial charge in [0, 0.05) is 13.0 Å². The number of amides is 1. The first-order chi connectivity index (χ1) is 7.66. The van der Waals surface area contributed by atoms with Crippen molar-refractivity contribution in [2.45, 2.75) is 84.6 Å². The van der Waals surface area contributed by atoms with E-state index in [-0.39, 0.29) is 5.91 Å². The predicted molar refractivity (Wildman–Crippen MR) is 70.5 cm³/mol. The minimum absolute atomic E-state index is 0.0899. The summed E-state index contributed by atoms with van der Waals surface area (Å²) in [6.07, 6.45) is 11.9. The molecule has 1 atom stereocenters. The minimum Gasteiger partial charge on any atom is -0.354 e. The van der Waals surface area contributed by atoms with Crippen molar-refractivity contribution in [2.24, 2.45) is 0 Å². The van der Waals surface area contributed by atoms with Crippen LogP contribution in [-0.2, 0) is 4.79 Å². The molecule has 2 nitrogen and oxygen atoms in total. The summed E-state index contributed by atoms with van der Waals surface area (Å²) in [6, 6.07) is 0.345. The number of carbonyl (C=O) groups is 1. The zero-order valence-electron chi connectivity index (χ0n) is 11.3. The Morgan fingerprint density at radius 1 is 1.00 bits per heavy atom. The zero-order chi connectivity index (χ0) is 12.2. The molecular formula is C14H29NO. The summed E-state index contributed by atoms with van der Waals surface area (Å²) in [7, 11) is 0. The Morgan fingerprint density at radius 2 is 1.50 bits per heavy atom. The van der Waals surface area contributed by atoms with Crippen LogP contribution in [-0.4, -0.2) is 11.9 Å². The van der Waals surface area contributed by atoms with Crippen LogP contribution in [0, 0.1) is 0 Å². The van der Waals surface area contributed by atoms with Crippen molar-refractivity contribution in [1.29, 1.82) is 0 Å². The summed E-state index contributed by atoms with van der Waals surface area (Å²) >= 11 is 0. The van der Waals surface area contributed by atoms with Gasteiger partial charge in [0.2, 0.25) is 5.91 Å². The zero-order valence-corrected chi connectivity index (χ0v) is 11.3. The standard InChI is InChI=1S/C14H29NO/c1-4-5-6-7-8-9-10-11-12-13(2)15-14(3)16/h13H,4-12H2,1-3H3,(H,15,16). The van der Waals surface area contributed by atoms with Gasteiger partial charge in [0.25, 0.3) is 0 Å². The fourth-order valence-corrected chi connectivity index (χ4v) is 2.00. The maximum absolute atomic E-state index is 10.8. The Morgan fingerprint density at radius 3 is 2.00 bits per heavy atom. The van der Waals surface area contributed by atoms with E-state index in [0.29, 0.717) is 6.04 Å². The van der Waals surface area contributed by atoms with Gasteiger partial charge in [-0.3, -0.25) is 4.79 Å². The van der Waals surface area contributed by atoms with Gasteiger partial charge in [-0.1, -0.05) is 58.3 Å². The maximum atomic E-state index is 10.8. The van der Waals surface area contributed by atoms with E-state index < -0.39 is 0 Å². The second-order valence-corrected chi connectivity index (χ2v) is 4.87. The molecule has 0 radical (unpaired) electrons. The van der Waals surface area contributed by atoms with Crippen LogP contribution in [0.2, 0.25) is 0 Å². The largest absolute Gasteiger partial charge is 0.354 e. The van der Waals surface area contributed by atoms with Gasteiger partial charge in [-0.15, -0.1) is 0 Å². The van der Waals surface area contributed by atoms with Gasteiger partial charge in [-0.2, -0.15) is 0 Å². The molecule has 0 aliphatic rings. The van der Waals surface area contributed by atoms with Crippen molar-refractivity contribution in [3.63, 3.8) is 0 Å². The SMILES string of the molecule is CCCCCCCCCCC(C)NC(C)=O. The van der Waals surface area contributed by atoms with Crippen LogP contribution >= 0.6 is 0 Å². The van der Waals surface area contributed by atoms with E-state index in [4.69, 9.17) is 0 Å².